The van der Waals surface area contributed by atoms with E-state index in [1.54, 1.807) is 0 Å². The number of aliphatic hydroxyl groups excluding tert-OH is 1. The Balaban J connectivity index is 1.75. The van der Waals surface area contributed by atoms with Crippen LogP contribution in [0.15, 0.2) is 73.3 Å². The molecule has 2 aromatic rings. The van der Waals surface area contributed by atoms with E-state index in [-0.39, 0.29) is 16.4 Å². The molecular weight excluding hydrogens is 621 g/mol. The maximum atomic E-state index is 11.1. The van der Waals surface area contributed by atoms with Crippen LogP contribution in [0.3, 0.4) is 0 Å². The molecule has 0 bridgehead atoms. The Labute approximate surface area is 287 Å². The molecule has 0 radical (unpaired) electrons. The molecule has 1 heterocycles. The summed E-state index contributed by atoms with van der Waals surface area (Å²) in [5, 5.41) is 13.5. The van der Waals surface area contributed by atoms with Gasteiger partial charge in [0.1, 0.15) is 18.8 Å². The van der Waals surface area contributed by atoms with Crippen molar-refractivity contribution < 1.29 is 28.2 Å². The van der Waals surface area contributed by atoms with Crippen molar-refractivity contribution in [1.82, 2.24) is 0 Å². The molecule has 3 rings (SSSR count). The predicted molar refractivity (Wildman–Crippen MR) is 198 cm³/mol. The third-order valence-corrected chi connectivity index (χ3v) is 19.0. The number of hydrogen-bond donors (Lipinski definition) is 1. The number of hydrogen-bond acceptors (Lipinski definition) is 6. The Bertz CT molecular complexity index is 1210. The molecule has 0 amide bonds. The zero-order valence-electron chi connectivity index (χ0n) is 30.2. The van der Waals surface area contributed by atoms with Gasteiger partial charge in [-0.25, -0.2) is 0 Å². The first-order valence-corrected chi connectivity index (χ1v) is 22.1. The van der Waals surface area contributed by atoms with Crippen molar-refractivity contribution in [2.75, 3.05) is 26.4 Å². The summed E-state index contributed by atoms with van der Waals surface area (Å²) in [6, 6.07) is 21.3. The highest BCUT2D eigenvalue weighted by molar-refractivity contribution is 6.99. The quantitative estimate of drug-likeness (QED) is 0.0875. The highest BCUT2D eigenvalue weighted by Crippen LogP contribution is 2.39. The fourth-order valence-corrected chi connectivity index (χ4v) is 11.7. The maximum Gasteiger partial charge on any atom is 0.261 e. The van der Waals surface area contributed by atoms with Crippen LogP contribution in [0.4, 0.5) is 0 Å². The van der Waals surface area contributed by atoms with Crippen molar-refractivity contribution in [3.05, 3.63) is 73.3 Å². The molecule has 47 heavy (non-hydrogen) atoms. The first-order chi connectivity index (χ1) is 22.2. The van der Waals surface area contributed by atoms with Crippen LogP contribution in [0.1, 0.15) is 73.6 Å². The lowest BCUT2D eigenvalue weighted by atomic mass is 10.1. The van der Waals surface area contributed by atoms with Gasteiger partial charge >= 0.3 is 0 Å². The van der Waals surface area contributed by atoms with Gasteiger partial charge in [0.2, 0.25) is 0 Å². The lowest BCUT2D eigenvalue weighted by Gasteiger charge is -2.43. The largest absolute Gasteiger partial charge is 0.410 e. The van der Waals surface area contributed by atoms with Gasteiger partial charge in [-0.05, 0) is 59.2 Å². The van der Waals surface area contributed by atoms with E-state index in [9.17, 15) is 5.11 Å². The van der Waals surface area contributed by atoms with Crippen molar-refractivity contribution in [2.24, 2.45) is 0 Å². The van der Waals surface area contributed by atoms with E-state index >= 15 is 0 Å². The predicted octanol–water partition coefficient (Wildman–Crippen LogP) is 7.21. The van der Waals surface area contributed by atoms with Crippen molar-refractivity contribution in [3.63, 3.8) is 0 Å². The molecule has 0 aromatic heterocycles. The zero-order valence-corrected chi connectivity index (χ0v) is 32.2. The van der Waals surface area contributed by atoms with E-state index in [0.29, 0.717) is 32.7 Å². The molecule has 1 aliphatic rings. The fourth-order valence-electron chi connectivity index (χ4n) is 5.81. The van der Waals surface area contributed by atoms with Crippen LogP contribution in [0.2, 0.25) is 23.2 Å². The average Bonchev–Trinajstić information content (AvgIpc) is 3.04. The van der Waals surface area contributed by atoms with Crippen molar-refractivity contribution >= 4 is 27.0 Å². The summed E-state index contributed by atoms with van der Waals surface area (Å²) in [7, 11) is -4.87. The lowest BCUT2D eigenvalue weighted by Crippen LogP contribution is -2.66. The number of aliphatic hydroxyl groups is 1. The first-order valence-electron chi connectivity index (χ1n) is 17.3. The number of rotatable bonds is 16. The van der Waals surface area contributed by atoms with Gasteiger partial charge in [0.25, 0.3) is 8.32 Å². The second-order valence-electron chi connectivity index (χ2n) is 15.0. The van der Waals surface area contributed by atoms with Crippen LogP contribution in [-0.2, 0) is 23.1 Å². The summed E-state index contributed by atoms with van der Waals surface area (Å²) in [6.07, 6.45) is 3.57. The monoisotopic (exact) mass is 680 g/mol. The van der Waals surface area contributed by atoms with Crippen LogP contribution in [0, 0.1) is 11.8 Å². The second kappa shape index (κ2) is 18.1. The van der Waals surface area contributed by atoms with Gasteiger partial charge in [0, 0.05) is 26.2 Å². The molecule has 4 atom stereocenters. The van der Waals surface area contributed by atoms with Crippen molar-refractivity contribution in [1.29, 1.82) is 0 Å². The molecule has 1 saturated heterocycles. The van der Waals surface area contributed by atoms with E-state index in [4.69, 9.17) is 23.1 Å². The van der Waals surface area contributed by atoms with E-state index < -0.39 is 34.9 Å². The lowest BCUT2D eigenvalue weighted by molar-refractivity contribution is -0.154. The minimum absolute atomic E-state index is 0.0204. The van der Waals surface area contributed by atoms with Gasteiger partial charge in [-0.15, -0.1) is 6.58 Å². The molecular formula is C39H60O6Si2. The minimum Gasteiger partial charge on any atom is -0.410 e. The zero-order chi connectivity index (χ0) is 34.6. The Hall–Kier alpha value is -2.07. The summed E-state index contributed by atoms with van der Waals surface area (Å²) < 4.78 is 31.9. The Morgan fingerprint density at radius 3 is 2.04 bits per heavy atom. The van der Waals surface area contributed by atoms with Crippen LogP contribution in [0.25, 0.3) is 0 Å². The molecule has 1 unspecified atom stereocenters. The number of ether oxygens (including phenoxy) is 3. The summed E-state index contributed by atoms with van der Waals surface area (Å²) in [4.78, 5) is 0. The third kappa shape index (κ3) is 11.0. The second-order valence-corrected chi connectivity index (χ2v) is 24.1. The molecule has 0 saturated carbocycles. The van der Waals surface area contributed by atoms with E-state index in [1.165, 1.54) is 16.4 Å². The highest BCUT2D eigenvalue weighted by Gasteiger charge is 2.50. The van der Waals surface area contributed by atoms with Crippen molar-refractivity contribution in [3.8, 4) is 11.8 Å². The summed E-state index contributed by atoms with van der Waals surface area (Å²) >= 11 is 0. The highest BCUT2D eigenvalue weighted by atomic mass is 28.4. The Morgan fingerprint density at radius 2 is 1.53 bits per heavy atom. The molecule has 1 N–H and O–H groups in total. The average molecular weight is 681 g/mol. The number of benzene rings is 2. The molecule has 8 heteroatoms. The smallest absolute Gasteiger partial charge is 0.261 e. The van der Waals surface area contributed by atoms with Crippen LogP contribution in [0.5, 0.6) is 0 Å². The molecule has 1 fully saturated rings. The van der Waals surface area contributed by atoms with Gasteiger partial charge in [-0.3, -0.25) is 0 Å². The molecule has 260 valence electrons. The first kappa shape index (κ1) is 39.4. The molecule has 0 spiro atoms. The van der Waals surface area contributed by atoms with E-state index in [1.807, 2.05) is 0 Å². The topological polar surface area (TPSA) is 66.4 Å². The Morgan fingerprint density at radius 1 is 0.915 bits per heavy atom. The molecule has 2 aromatic carbocycles. The third-order valence-electron chi connectivity index (χ3n) is 9.44. The van der Waals surface area contributed by atoms with Crippen molar-refractivity contribution in [2.45, 2.75) is 121 Å². The van der Waals surface area contributed by atoms with E-state index in [0.717, 1.165) is 25.9 Å². The van der Waals surface area contributed by atoms with Crippen LogP contribution < -0.4 is 10.4 Å². The minimum atomic E-state index is -2.65. The molecule has 1 aliphatic heterocycles. The summed E-state index contributed by atoms with van der Waals surface area (Å²) in [6.45, 7) is 23.7. The molecule has 6 nitrogen and oxygen atoms in total. The van der Waals surface area contributed by atoms with Crippen LogP contribution in [-0.4, -0.2) is 72.8 Å². The van der Waals surface area contributed by atoms with Gasteiger partial charge < -0.3 is 28.2 Å². The van der Waals surface area contributed by atoms with Gasteiger partial charge in [0.05, 0.1) is 6.10 Å². The normalized spacial score (nSPS) is 18.1. The van der Waals surface area contributed by atoms with Gasteiger partial charge in [-0.2, -0.15) is 0 Å². The Kier molecular flexibility index (Phi) is 15.1. The summed E-state index contributed by atoms with van der Waals surface area (Å²) in [5.74, 6) is 6.40. The SMILES string of the molecule is C=C[C@@H](O)[C@H](OCCCO[Si](c1ccccc1)(c1ccccc1)C(C)(C)C)[C@@H](CC#CCOC1CCCCO1)O[Si](C)(C)C(C)(C)C. The van der Waals surface area contributed by atoms with Gasteiger partial charge in [0.15, 0.2) is 14.6 Å². The van der Waals surface area contributed by atoms with E-state index in [2.05, 4.69) is 134 Å². The standard InChI is InChI=1S/C39H60O6Si2/c1-10-34(40)37(35(45-46(8,9)38(2,3)4)26-17-19-28-41-36-27-18-20-29-42-36)43-30-21-31-44-47(39(5,6)7,32-22-13-11-14-23-32)33-24-15-12-16-25-33/h10-16,22-25,34-37,40H,1,18,20-21,26-31H2,2-9H3/t34-,35-,36?,37+/m1/s1. The maximum absolute atomic E-state index is 11.1. The van der Waals surface area contributed by atoms with Crippen LogP contribution >= 0.6 is 0 Å². The van der Waals surface area contributed by atoms with Gasteiger partial charge in [-0.1, -0.05) is 120 Å². The fraction of sp³-hybridized carbons (Fsp3) is 0.590. The summed E-state index contributed by atoms with van der Waals surface area (Å²) in [5.41, 5.74) is 0. The molecule has 0 aliphatic carbocycles.